The number of aliphatic carboxylic acids is 1. The maximum Gasteiger partial charge on any atom is 0.326 e. The van der Waals surface area contributed by atoms with E-state index in [1.807, 2.05) is 34.6 Å². The number of carboxylic acids is 1. The van der Waals surface area contributed by atoms with Gasteiger partial charge in [0.05, 0.1) is 6.54 Å². The molecule has 10 nitrogen and oxygen atoms in total. The van der Waals surface area contributed by atoms with Gasteiger partial charge < -0.3 is 20.6 Å². The Balaban J connectivity index is 1.76. The number of likely N-dealkylation sites (tertiary alicyclic amines) is 1. The van der Waals surface area contributed by atoms with Crippen molar-refractivity contribution in [3.8, 4) is 0 Å². The standard InChI is InChI=1S/C24H37N5O5/c1-13(2)17(27-20(30)16-11-25-9-10-26-16)21(31)28-19(24(3,4)5)22(32)29-12-14-7-6-8-15(14)18(29)23(33)34/h9-10,13-19H,6-8,11-12H2,1-5H3,(H,27,30)(H,28,31)(H,33,34)/t14-,15?,16?,17-,18?,19+/m0/s1. The zero-order valence-electron chi connectivity index (χ0n) is 20.7. The molecule has 10 heteroatoms. The van der Waals surface area contributed by atoms with E-state index >= 15 is 0 Å². The van der Waals surface area contributed by atoms with Gasteiger partial charge in [-0.3, -0.25) is 24.4 Å². The molecule has 1 saturated heterocycles. The minimum absolute atomic E-state index is 0.0424. The van der Waals surface area contributed by atoms with E-state index in [0.717, 1.165) is 19.3 Å². The average molecular weight is 476 g/mol. The van der Waals surface area contributed by atoms with Crippen LogP contribution >= 0.6 is 0 Å². The van der Waals surface area contributed by atoms with Crippen molar-refractivity contribution < 1.29 is 24.3 Å². The molecule has 34 heavy (non-hydrogen) atoms. The molecule has 3 N–H and O–H groups in total. The molecule has 3 rings (SSSR count). The van der Waals surface area contributed by atoms with E-state index in [2.05, 4.69) is 20.6 Å². The zero-order valence-corrected chi connectivity index (χ0v) is 20.7. The molecular formula is C24H37N5O5. The fourth-order valence-electron chi connectivity index (χ4n) is 5.23. The van der Waals surface area contributed by atoms with Gasteiger partial charge in [-0.1, -0.05) is 41.0 Å². The minimum atomic E-state index is -0.996. The topological polar surface area (TPSA) is 141 Å². The van der Waals surface area contributed by atoms with Crippen LogP contribution in [-0.4, -0.2) is 83.4 Å². The molecule has 0 aromatic heterocycles. The second-order valence-corrected chi connectivity index (χ2v) is 11.0. The summed E-state index contributed by atoms with van der Waals surface area (Å²) in [5.41, 5.74) is -0.665. The van der Waals surface area contributed by atoms with Crippen molar-refractivity contribution >= 4 is 36.1 Å². The van der Waals surface area contributed by atoms with Crippen LogP contribution in [-0.2, 0) is 19.2 Å². The number of nitrogens with one attached hydrogen (secondary N) is 2. The molecule has 6 atom stereocenters. The Kier molecular flexibility index (Phi) is 7.77. The third-order valence-corrected chi connectivity index (χ3v) is 7.09. The van der Waals surface area contributed by atoms with Gasteiger partial charge in [-0.2, -0.15) is 0 Å². The maximum atomic E-state index is 13.7. The monoisotopic (exact) mass is 475 g/mol. The molecule has 0 aromatic rings. The molecule has 1 aliphatic carbocycles. The van der Waals surface area contributed by atoms with Gasteiger partial charge in [0.25, 0.3) is 0 Å². The number of carbonyl (C=O) groups excluding carboxylic acids is 3. The Hall–Kier alpha value is -2.78. The highest BCUT2D eigenvalue weighted by molar-refractivity contribution is 6.17. The summed E-state index contributed by atoms with van der Waals surface area (Å²) in [6, 6.07) is -3.37. The number of carboxylic acid groups (broad SMARTS) is 1. The van der Waals surface area contributed by atoms with E-state index in [9.17, 15) is 24.3 Å². The van der Waals surface area contributed by atoms with Gasteiger partial charge in [-0.25, -0.2) is 4.79 Å². The zero-order chi connectivity index (χ0) is 25.2. The van der Waals surface area contributed by atoms with Crippen LogP contribution in [0.3, 0.4) is 0 Å². The Morgan fingerprint density at radius 3 is 2.35 bits per heavy atom. The van der Waals surface area contributed by atoms with Crippen LogP contribution in [0.1, 0.15) is 53.9 Å². The third kappa shape index (κ3) is 5.47. The van der Waals surface area contributed by atoms with E-state index in [4.69, 9.17) is 0 Å². The molecule has 3 amide bonds. The number of nitrogens with zero attached hydrogens (tertiary/aromatic N) is 3. The summed E-state index contributed by atoms with van der Waals surface area (Å²) in [7, 11) is 0. The lowest BCUT2D eigenvalue weighted by atomic mass is 9.85. The van der Waals surface area contributed by atoms with Crippen molar-refractivity contribution in [2.45, 2.75) is 78.0 Å². The Morgan fingerprint density at radius 2 is 1.79 bits per heavy atom. The van der Waals surface area contributed by atoms with Gasteiger partial charge in [0, 0.05) is 19.0 Å². The first-order valence-electron chi connectivity index (χ1n) is 12.1. The first-order valence-corrected chi connectivity index (χ1v) is 12.1. The van der Waals surface area contributed by atoms with E-state index in [1.54, 1.807) is 0 Å². The van der Waals surface area contributed by atoms with Gasteiger partial charge >= 0.3 is 5.97 Å². The lowest BCUT2D eigenvalue weighted by Crippen LogP contribution is -2.61. The summed E-state index contributed by atoms with van der Waals surface area (Å²) >= 11 is 0. The van der Waals surface area contributed by atoms with E-state index < -0.39 is 47.4 Å². The van der Waals surface area contributed by atoms with Gasteiger partial charge in [-0.05, 0) is 36.0 Å². The minimum Gasteiger partial charge on any atom is -0.480 e. The smallest absolute Gasteiger partial charge is 0.326 e. The molecule has 2 aliphatic heterocycles. The Bertz CT molecular complexity index is 877. The van der Waals surface area contributed by atoms with Crippen LogP contribution < -0.4 is 10.6 Å². The number of aliphatic imine (C=N–C) groups is 2. The van der Waals surface area contributed by atoms with Crippen LogP contribution in [0, 0.1) is 23.2 Å². The predicted molar refractivity (Wildman–Crippen MR) is 128 cm³/mol. The van der Waals surface area contributed by atoms with Crippen LogP contribution in [0.2, 0.25) is 0 Å². The molecule has 0 spiro atoms. The van der Waals surface area contributed by atoms with Gasteiger partial charge in [0.1, 0.15) is 24.2 Å². The highest BCUT2D eigenvalue weighted by Gasteiger charge is 2.52. The van der Waals surface area contributed by atoms with Crippen LogP contribution in [0.5, 0.6) is 0 Å². The summed E-state index contributed by atoms with van der Waals surface area (Å²) < 4.78 is 0. The summed E-state index contributed by atoms with van der Waals surface area (Å²) in [5.74, 6) is -2.37. The van der Waals surface area contributed by atoms with Crippen molar-refractivity contribution in [3.05, 3.63) is 0 Å². The van der Waals surface area contributed by atoms with Gasteiger partial charge in [-0.15, -0.1) is 0 Å². The molecule has 3 unspecified atom stereocenters. The van der Waals surface area contributed by atoms with Crippen LogP contribution in [0.25, 0.3) is 0 Å². The van der Waals surface area contributed by atoms with Crippen LogP contribution in [0.15, 0.2) is 9.98 Å². The second-order valence-electron chi connectivity index (χ2n) is 11.0. The van der Waals surface area contributed by atoms with E-state index in [-0.39, 0.29) is 30.2 Å². The third-order valence-electron chi connectivity index (χ3n) is 7.09. The summed E-state index contributed by atoms with van der Waals surface area (Å²) in [6.45, 7) is 9.73. The maximum absolute atomic E-state index is 13.7. The summed E-state index contributed by atoms with van der Waals surface area (Å²) in [5, 5.41) is 15.5. The molecule has 2 heterocycles. The van der Waals surface area contributed by atoms with Crippen molar-refractivity contribution in [2.75, 3.05) is 13.1 Å². The van der Waals surface area contributed by atoms with Gasteiger partial charge in [0.2, 0.25) is 17.7 Å². The molecular weight excluding hydrogens is 438 g/mol. The number of hydrogen-bond donors (Lipinski definition) is 3. The summed E-state index contributed by atoms with van der Waals surface area (Å²) in [6.07, 6.45) is 5.67. The molecule has 0 bridgehead atoms. The second kappa shape index (κ2) is 10.2. The molecule has 3 aliphatic rings. The number of carbonyl (C=O) groups is 4. The van der Waals surface area contributed by atoms with E-state index in [0.29, 0.717) is 6.54 Å². The lowest BCUT2D eigenvalue weighted by Gasteiger charge is -2.36. The highest BCUT2D eigenvalue weighted by atomic mass is 16.4. The SMILES string of the molecule is CC(C)[C@H](NC(=O)C1CN=CC=N1)C(=O)N[C@H](C(=O)N1C[C@@H]2CCCC2C1C(=O)O)C(C)(C)C. The fraction of sp³-hybridized carbons (Fsp3) is 0.750. The molecule has 1 saturated carbocycles. The highest BCUT2D eigenvalue weighted by Crippen LogP contribution is 2.43. The molecule has 188 valence electrons. The Morgan fingerprint density at radius 1 is 1.09 bits per heavy atom. The first kappa shape index (κ1) is 25.8. The number of fused-ring (bicyclic) bond motifs is 1. The Labute approximate surface area is 200 Å². The normalized spacial score (nSPS) is 27.9. The average Bonchev–Trinajstić information content (AvgIpc) is 3.35. The van der Waals surface area contributed by atoms with E-state index in [1.165, 1.54) is 17.3 Å². The predicted octanol–water partition coefficient (Wildman–Crippen LogP) is 0.894. The number of hydrogen-bond acceptors (Lipinski definition) is 6. The van der Waals surface area contributed by atoms with Crippen molar-refractivity contribution in [2.24, 2.45) is 33.2 Å². The first-order chi connectivity index (χ1) is 15.9. The van der Waals surface area contributed by atoms with Gasteiger partial charge in [0.15, 0.2) is 0 Å². The molecule has 2 fully saturated rings. The van der Waals surface area contributed by atoms with Crippen molar-refractivity contribution in [1.29, 1.82) is 0 Å². The number of rotatable bonds is 7. The fourth-order valence-corrected chi connectivity index (χ4v) is 5.23. The number of amides is 3. The molecule has 0 aromatic carbocycles. The largest absolute Gasteiger partial charge is 0.480 e. The van der Waals surface area contributed by atoms with Crippen molar-refractivity contribution in [1.82, 2.24) is 15.5 Å². The van der Waals surface area contributed by atoms with Crippen LogP contribution in [0.4, 0.5) is 0 Å². The van der Waals surface area contributed by atoms with Crippen molar-refractivity contribution in [3.63, 3.8) is 0 Å². The summed E-state index contributed by atoms with van der Waals surface area (Å²) in [4.78, 5) is 61.3. The lowest BCUT2D eigenvalue weighted by molar-refractivity contribution is -0.152. The molecule has 0 radical (unpaired) electrons. The quantitative estimate of drug-likeness (QED) is 0.502.